The second-order valence-corrected chi connectivity index (χ2v) is 7.87. The lowest BCUT2D eigenvalue weighted by Crippen LogP contribution is -2.42. The molecule has 4 rings (SSSR count). The van der Waals surface area contributed by atoms with Crippen LogP contribution in [-0.2, 0) is 4.79 Å². The number of para-hydroxylation sites is 1. The van der Waals surface area contributed by atoms with Crippen LogP contribution in [0.15, 0.2) is 41.8 Å². The first-order chi connectivity index (χ1) is 12.3. The minimum Gasteiger partial charge on any atom is -0.309 e. The average Bonchev–Trinajstić information content (AvgIpc) is 3.40. The number of rotatable bonds is 6. The number of thioether (sulfide) groups is 1. The van der Waals surface area contributed by atoms with Gasteiger partial charge >= 0.3 is 0 Å². The summed E-state index contributed by atoms with van der Waals surface area (Å²) in [5.74, 6) is 0.588. The van der Waals surface area contributed by atoms with Crippen LogP contribution in [0.25, 0.3) is 0 Å². The van der Waals surface area contributed by atoms with Crippen molar-refractivity contribution in [2.24, 2.45) is 0 Å². The van der Waals surface area contributed by atoms with E-state index in [0.29, 0.717) is 17.8 Å². The van der Waals surface area contributed by atoms with Gasteiger partial charge in [0.25, 0.3) is 0 Å². The highest BCUT2D eigenvalue weighted by atomic mass is 32.2. The van der Waals surface area contributed by atoms with Crippen LogP contribution in [0.2, 0.25) is 0 Å². The smallest absolute Gasteiger partial charge is 0.237 e. The van der Waals surface area contributed by atoms with Crippen molar-refractivity contribution in [2.75, 3.05) is 10.7 Å². The van der Waals surface area contributed by atoms with Gasteiger partial charge in [0.05, 0.1) is 5.75 Å². The van der Waals surface area contributed by atoms with Crippen molar-refractivity contribution in [3.8, 4) is 0 Å². The molecule has 0 unspecified atom stereocenters. The summed E-state index contributed by atoms with van der Waals surface area (Å²) in [5.41, 5.74) is 1.02. The van der Waals surface area contributed by atoms with E-state index in [2.05, 4.69) is 14.8 Å². The van der Waals surface area contributed by atoms with Crippen LogP contribution in [0.5, 0.6) is 0 Å². The minimum absolute atomic E-state index is 0.174. The van der Waals surface area contributed by atoms with Gasteiger partial charge in [-0.25, -0.2) is 0 Å². The number of hydrogen-bond donors (Lipinski definition) is 0. The summed E-state index contributed by atoms with van der Waals surface area (Å²) in [6.07, 6.45) is 10.1. The number of carbonyl (C=O) groups excluding carboxylic acids is 1. The van der Waals surface area contributed by atoms with Crippen LogP contribution in [-0.4, -0.2) is 32.5 Å². The fourth-order valence-electron chi connectivity index (χ4n) is 3.62. The molecule has 1 heterocycles. The number of aromatic nitrogens is 3. The zero-order valence-electron chi connectivity index (χ0n) is 14.4. The van der Waals surface area contributed by atoms with Crippen molar-refractivity contribution in [2.45, 2.75) is 62.2 Å². The number of nitrogens with zero attached hydrogens (tertiary/aromatic N) is 4. The molecule has 2 saturated carbocycles. The predicted molar refractivity (Wildman–Crippen MR) is 99.8 cm³/mol. The molecule has 1 aromatic carbocycles. The Morgan fingerprint density at radius 1 is 1.12 bits per heavy atom. The summed E-state index contributed by atoms with van der Waals surface area (Å²) >= 11 is 1.52. The molecule has 2 aliphatic carbocycles. The molecule has 6 heteroatoms. The molecule has 5 nitrogen and oxygen atoms in total. The number of amides is 1. The van der Waals surface area contributed by atoms with Crippen molar-refractivity contribution in [3.05, 3.63) is 36.7 Å². The van der Waals surface area contributed by atoms with E-state index in [-0.39, 0.29) is 5.91 Å². The first-order valence-electron chi connectivity index (χ1n) is 9.22. The number of hydrogen-bond acceptors (Lipinski definition) is 4. The van der Waals surface area contributed by atoms with E-state index in [1.165, 1.54) is 43.9 Å². The quantitative estimate of drug-likeness (QED) is 0.732. The molecular weight excluding hydrogens is 332 g/mol. The lowest BCUT2D eigenvalue weighted by Gasteiger charge is -2.34. The fourth-order valence-corrected chi connectivity index (χ4v) is 4.46. The van der Waals surface area contributed by atoms with Crippen LogP contribution in [0.4, 0.5) is 5.69 Å². The topological polar surface area (TPSA) is 51.0 Å². The zero-order valence-corrected chi connectivity index (χ0v) is 15.2. The molecule has 0 aliphatic heterocycles. The summed E-state index contributed by atoms with van der Waals surface area (Å²) in [6, 6.07) is 11.0. The molecule has 1 aromatic heterocycles. The second kappa shape index (κ2) is 7.60. The molecule has 0 N–H and O–H groups in total. The largest absolute Gasteiger partial charge is 0.309 e. The Balaban J connectivity index is 1.48. The van der Waals surface area contributed by atoms with Crippen molar-refractivity contribution < 1.29 is 4.79 Å². The summed E-state index contributed by atoms with van der Waals surface area (Å²) in [6.45, 7) is 0. The van der Waals surface area contributed by atoms with Crippen LogP contribution in [0.1, 0.15) is 51.0 Å². The van der Waals surface area contributed by atoms with Gasteiger partial charge in [0.1, 0.15) is 6.33 Å². The lowest BCUT2D eigenvalue weighted by atomic mass is 9.93. The van der Waals surface area contributed by atoms with E-state index >= 15 is 0 Å². The Bertz CT molecular complexity index is 707. The van der Waals surface area contributed by atoms with E-state index in [9.17, 15) is 4.79 Å². The molecule has 0 spiro atoms. The standard InChI is InChI=1S/C19H24N4OS/c24-18(13-25-19-21-20-14-22(19)15-11-12-15)23(16-7-3-1-4-8-16)17-9-5-2-6-10-17/h1,3-4,7-8,14-15,17H,2,5-6,9-13H2. The normalized spacial score (nSPS) is 18.2. The maximum atomic E-state index is 13.1. The first kappa shape index (κ1) is 16.6. The van der Waals surface area contributed by atoms with Crippen LogP contribution >= 0.6 is 11.8 Å². The summed E-state index contributed by atoms with van der Waals surface area (Å²) in [7, 11) is 0. The van der Waals surface area contributed by atoms with E-state index in [0.717, 1.165) is 23.7 Å². The van der Waals surface area contributed by atoms with Gasteiger partial charge in [-0.1, -0.05) is 49.2 Å². The molecule has 25 heavy (non-hydrogen) atoms. The van der Waals surface area contributed by atoms with Crippen LogP contribution in [0.3, 0.4) is 0 Å². The molecule has 2 aliphatic rings. The SMILES string of the molecule is O=C(CSc1nncn1C1CC1)N(c1ccccc1)C1CCCCC1. The minimum atomic E-state index is 0.174. The van der Waals surface area contributed by atoms with Gasteiger partial charge in [0.2, 0.25) is 5.91 Å². The maximum Gasteiger partial charge on any atom is 0.237 e. The van der Waals surface area contributed by atoms with Crippen molar-refractivity contribution in [3.63, 3.8) is 0 Å². The maximum absolute atomic E-state index is 13.1. The Labute approximate surface area is 152 Å². The molecule has 2 fully saturated rings. The van der Waals surface area contributed by atoms with E-state index in [1.54, 1.807) is 6.33 Å². The van der Waals surface area contributed by atoms with E-state index < -0.39 is 0 Å². The van der Waals surface area contributed by atoms with Crippen molar-refractivity contribution in [1.29, 1.82) is 0 Å². The highest BCUT2D eigenvalue weighted by Gasteiger charge is 2.29. The molecular formula is C19H24N4OS. The van der Waals surface area contributed by atoms with Gasteiger partial charge in [-0.15, -0.1) is 10.2 Å². The number of anilines is 1. The van der Waals surface area contributed by atoms with Crippen LogP contribution < -0.4 is 4.90 Å². The first-order valence-corrected chi connectivity index (χ1v) is 10.2. The number of benzene rings is 1. The molecule has 0 saturated heterocycles. The monoisotopic (exact) mass is 356 g/mol. The van der Waals surface area contributed by atoms with Crippen molar-refractivity contribution in [1.82, 2.24) is 14.8 Å². The Morgan fingerprint density at radius 3 is 2.60 bits per heavy atom. The summed E-state index contributed by atoms with van der Waals surface area (Å²) in [4.78, 5) is 15.1. The highest BCUT2D eigenvalue weighted by Crippen LogP contribution is 2.37. The van der Waals surface area contributed by atoms with Gasteiger partial charge in [-0.3, -0.25) is 4.79 Å². The third-order valence-corrected chi connectivity index (χ3v) is 5.99. The Morgan fingerprint density at radius 2 is 1.88 bits per heavy atom. The number of carbonyl (C=O) groups is 1. The molecule has 0 radical (unpaired) electrons. The molecule has 0 bridgehead atoms. The van der Waals surface area contributed by atoms with Gasteiger partial charge < -0.3 is 9.47 Å². The summed E-state index contributed by atoms with van der Waals surface area (Å²) < 4.78 is 2.12. The fraction of sp³-hybridized carbons (Fsp3) is 0.526. The molecule has 2 aromatic rings. The third kappa shape index (κ3) is 3.89. The van der Waals surface area contributed by atoms with Gasteiger partial charge in [-0.05, 0) is 37.8 Å². The van der Waals surface area contributed by atoms with E-state index in [1.807, 2.05) is 35.2 Å². The van der Waals surface area contributed by atoms with Gasteiger partial charge in [0.15, 0.2) is 5.16 Å². The second-order valence-electron chi connectivity index (χ2n) is 6.93. The average molecular weight is 356 g/mol. The van der Waals surface area contributed by atoms with Crippen molar-refractivity contribution >= 4 is 23.4 Å². The highest BCUT2D eigenvalue weighted by molar-refractivity contribution is 7.99. The van der Waals surface area contributed by atoms with Gasteiger partial charge in [-0.2, -0.15) is 0 Å². The van der Waals surface area contributed by atoms with E-state index in [4.69, 9.17) is 0 Å². The third-order valence-electron chi connectivity index (χ3n) is 5.05. The Hall–Kier alpha value is -1.82. The molecule has 0 atom stereocenters. The molecule has 1 amide bonds. The van der Waals surface area contributed by atoms with Gasteiger partial charge in [0, 0.05) is 17.8 Å². The Kier molecular flexibility index (Phi) is 5.06. The zero-order chi connectivity index (χ0) is 17.1. The predicted octanol–water partition coefficient (Wildman–Crippen LogP) is 4.07. The molecule has 132 valence electrons. The lowest BCUT2D eigenvalue weighted by molar-refractivity contribution is -0.116. The van der Waals surface area contributed by atoms with Crippen LogP contribution in [0, 0.1) is 0 Å². The summed E-state index contributed by atoms with van der Waals surface area (Å²) in [5, 5.41) is 9.09.